The van der Waals surface area contributed by atoms with Crippen molar-refractivity contribution in [3.05, 3.63) is 0 Å². The largest absolute Gasteiger partial charge is 0.395 e. The Bertz CT molecular complexity index is 483. The summed E-state index contributed by atoms with van der Waals surface area (Å²) in [6.45, 7) is 5.67. The second kappa shape index (κ2) is 37.1. The number of nitrogens with two attached hydrogens (primary N) is 1. The van der Waals surface area contributed by atoms with Crippen LogP contribution in [0.1, 0.15) is 187 Å². The number of nitrogens with one attached hydrogen (secondary N) is 1. The Balaban J connectivity index is 0. The summed E-state index contributed by atoms with van der Waals surface area (Å²) in [5.41, 5.74) is 4.78. The molecule has 5 nitrogen and oxygen atoms in total. The number of carbonyl (C=O) groups excluding carboxylic acids is 2. The van der Waals surface area contributed by atoms with Crippen LogP contribution < -0.4 is 11.1 Å². The van der Waals surface area contributed by atoms with Gasteiger partial charge in [0.25, 0.3) is 5.91 Å². The first-order valence-corrected chi connectivity index (χ1v) is 17.3. The van der Waals surface area contributed by atoms with E-state index in [1.807, 2.05) is 0 Å². The quantitative estimate of drug-likeness (QED) is 0.0609. The summed E-state index contributed by atoms with van der Waals surface area (Å²) in [6.07, 6.45) is 34.4. The molecule has 0 aliphatic carbocycles. The number of ketones is 1. The number of rotatable bonds is 30. The molecule has 0 radical (unpaired) electrons. The first-order chi connectivity index (χ1) is 19.1. The van der Waals surface area contributed by atoms with Crippen molar-refractivity contribution in [2.24, 2.45) is 5.73 Å². The molecule has 0 aromatic rings. The SMILES string of the molecule is CCCCCCCCCCCCCCCCC(=O)C(=O)NCCCCCCCCCCCCCC.NCCO. The van der Waals surface area contributed by atoms with Gasteiger partial charge in [-0.25, -0.2) is 0 Å². The van der Waals surface area contributed by atoms with E-state index in [4.69, 9.17) is 10.8 Å². The Kier molecular flexibility index (Phi) is 38.2. The van der Waals surface area contributed by atoms with Gasteiger partial charge in [-0.3, -0.25) is 9.59 Å². The van der Waals surface area contributed by atoms with Crippen LogP contribution in [0.15, 0.2) is 0 Å². The van der Waals surface area contributed by atoms with Crippen LogP contribution in [0.2, 0.25) is 0 Å². The number of aliphatic hydroxyl groups excluding tert-OH is 1. The number of hydrogen-bond acceptors (Lipinski definition) is 4. The van der Waals surface area contributed by atoms with E-state index in [1.165, 1.54) is 141 Å². The smallest absolute Gasteiger partial charge is 0.287 e. The average Bonchev–Trinajstić information content (AvgIpc) is 2.95. The predicted octanol–water partition coefficient (Wildman–Crippen LogP) is 9.18. The maximum Gasteiger partial charge on any atom is 0.287 e. The number of hydrogen-bond donors (Lipinski definition) is 3. The number of amides is 1. The third kappa shape index (κ3) is 37.1. The Hall–Kier alpha value is -0.940. The molecule has 1 amide bonds. The fourth-order valence-corrected chi connectivity index (χ4v) is 4.86. The van der Waals surface area contributed by atoms with E-state index < -0.39 is 0 Å². The zero-order valence-corrected chi connectivity index (χ0v) is 26.6. The summed E-state index contributed by atoms with van der Waals surface area (Å²) >= 11 is 0. The normalized spacial score (nSPS) is 10.8. The van der Waals surface area contributed by atoms with Crippen molar-refractivity contribution in [2.75, 3.05) is 19.7 Å². The van der Waals surface area contributed by atoms with Crippen LogP contribution in [0.4, 0.5) is 0 Å². The second-order valence-corrected chi connectivity index (χ2v) is 11.4. The topological polar surface area (TPSA) is 92.4 Å². The molecule has 0 aliphatic rings. The van der Waals surface area contributed by atoms with Crippen LogP contribution in [-0.2, 0) is 9.59 Å². The predicted molar refractivity (Wildman–Crippen MR) is 170 cm³/mol. The molecule has 39 heavy (non-hydrogen) atoms. The summed E-state index contributed by atoms with van der Waals surface area (Å²) in [6, 6.07) is 0. The van der Waals surface area contributed by atoms with Crippen LogP contribution in [0.25, 0.3) is 0 Å². The monoisotopic (exact) mass is 555 g/mol. The van der Waals surface area contributed by atoms with Gasteiger partial charge in [0.2, 0.25) is 5.78 Å². The molecular weight excluding hydrogens is 484 g/mol. The number of unbranched alkanes of at least 4 members (excludes halogenated alkanes) is 24. The third-order valence-electron chi connectivity index (χ3n) is 7.46. The van der Waals surface area contributed by atoms with Crippen LogP contribution in [0.5, 0.6) is 0 Å². The highest BCUT2D eigenvalue weighted by Gasteiger charge is 2.11. The van der Waals surface area contributed by atoms with E-state index in [9.17, 15) is 9.59 Å². The minimum Gasteiger partial charge on any atom is -0.395 e. The van der Waals surface area contributed by atoms with E-state index in [-0.39, 0.29) is 18.3 Å². The molecule has 0 aromatic heterocycles. The summed E-state index contributed by atoms with van der Waals surface area (Å²) < 4.78 is 0. The third-order valence-corrected chi connectivity index (χ3v) is 7.46. The highest BCUT2D eigenvalue weighted by Crippen LogP contribution is 2.14. The van der Waals surface area contributed by atoms with Crippen molar-refractivity contribution in [3.8, 4) is 0 Å². The first kappa shape index (κ1) is 40.2. The van der Waals surface area contributed by atoms with Crippen molar-refractivity contribution in [3.63, 3.8) is 0 Å². The molecule has 234 valence electrons. The second-order valence-electron chi connectivity index (χ2n) is 11.4. The van der Waals surface area contributed by atoms with Crippen molar-refractivity contribution in [2.45, 2.75) is 187 Å². The first-order valence-electron chi connectivity index (χ1n) is 17.3. The van der Waals surface area contributed by atoms with E-state index in [2.05, 4.69) is 19.2 Å². The highest BCUT2D eigenvalue weighted by atomic mass is 16.3. The maximum absolute atomic E-state index is 12.0. The van der Waals surface area contributed by atoms with Crippen LogP contribution in [0, 0.1) is 0 Å². The molecule has 5 heteroatoms. The number of Topliss-reactive ketones (excluding diaryl/α,β-unsaturated/α-hetero) is 1. The fraction of sp³-hybridized carbons (Fsp3) is 0.941. The van der Waals surface area contributed by atoms with E-state index >= 15 is 0 Å². The van der Waals surface area contributed by atoms with Crippen LogP contribution >= 0.6 is 0 Å². The molecule has 0 aliphatic heterocycles. The molecule has 0 saturated heterocycles. The van der Waals surface area contributed by atoms with Crippen LogP contribution in [0.3, 0.4) is 0 Å². The van der Waals surface area contributed by atoms with Gasteiger partial charge in [-0.1, -0.05) is 168 Å². The minimum absolute atomic E-state index is 0.0972. The summed E-state index contributed by atoms with van der Waals surface area (Å²) in [7, 11) is 0. The lowest BCUT2D eigenvalue weighted by atomic mass is 10.0. The molecule has 0 unspecified atom stereocenters. The standard InChI is InChI=1S/C32H63NO2.C2H7NO/c1-3-5-7-9-11-13-15-17-18-19-21-23-25-27-29-31(34)32(35)33-30-28-26-24-22-20-16-14-12-10-8-6-4-2;3-1-2-4/h3-30H2,1-2H3,(H,33,35);4H,1-3H2. The van der Waals surface area contributed by atoms with Crippen molar-refractivity contribution < 1.29 is 14.7 Å². The van der Waals surface area contributed by atoms with Gasteiger partial charge in [-0.2, -0.15) is 0 Å². The van der Waals surface area contributed by atoms with Crippen molar-refractivity contribution >= 4 is 11.7 Å². The molecule has 0 aromatic carbocycles. The Morgan fingerprint density at radius 1 is 0.513 bits per heavy atom. The van der Waals surface area contributed by atoms with E-state index in [1.54, 1.807) is 0 Å². The summed E-state index contributed by atoms with van der Waals surface area (Å²) in [5.74, 6) is -0.578. The van der Waals surface area contributed by atoms with Gasteiger partial charge in [0.05, 0.1) is 6.61 Å². The van der Waals surface area contributed by atoms with Crippen LogP contribution in [-0.4, -0.2) is 36.5 Å². The molecule has 0 bridgehead atoms. The molecule has 0 heterocycles. The van der Waals surface area contributed by atoms with Gasteiger partial charge in [0, 0.05) is 19.5 Å². The van der Waals surface area contributed by atoms with E-state index in [0.717, 1.165) is 25.7 Å². The molecule has 4 N–H and O–H groups in total. The molecule has 0 atom stereocenters. The molecule has 0 rings (SSSR count). The van der Waals surface area contributed by atoms with Crippen molar-refractivity contribution in [1.82, 2.24) is 5.32 Å². The van der Waals surface area contributed by atoms with Gasteiger partial charge in [-0.15, -0.1) is 0 Å². The molecule has 0 saturated carbocycles. The van der Waals surface area contributed by atoms with Gasteiger partial charge in [0.15, 0.2) is 0 Å². The molecule has 0 fully saturated rings. The van der Waals surface area contributed by atoms with Crippen molar-refractivity contribution in [1.29, 1.82) is 0 Å². The number of aliphatic hydroxyl groups is 1. The van der Waals surface area contributed by atoms with Gasteiger partial charge < -0.3 is 16.2 Å². The fourth-order valence-electron chi connectivity index (χ4n) is 4.86. The highest BCUT2D eigenvalue weighted by molar-refractivity contribution is 6.36. The molecular formula is C34H70N2O3. The zero-order chi connectivity index (χ0) is 29.1. The van der Waals surface area contributed by atoms with Gasteiger partial charge >= 0.3 is 0 Å². The number of carbonyl (C=O) groups is 2. The Morgan fingerprint density at radius 2 is 0.795 bits per heavy atom. The minimum atomic E-state index is -0.359. The summed E-state index contributed by atoms with van der Waals surface area (Å²) in [5, 5.41) is 10.6. The van der Waals surface area contributed by atoms with E-state index in [0.29, 0.717) is 19.5 Å². The lowest BCUT2D eigenvalue weighted by Gasteiger charge is -2.05. The van der Waals surface area contributed by atoms with Gasteiger partial charge in [-0.05, 0) is 12.8 Å². The Labute approximate surface area is 244 Å². The molecule has 0 spiro atoms. The average molecular weight is 555 g/mol. The lowest BCUT2D eigenvalue weighted by Crippen LogP contribution is -2.31. The Morgan fingerprint density at radius 3 is 1.10 bits per heavy atom. The maximum atomic E-state index is 12.0. The lowest BCUT2D eigenvalue weighted by molar-refractivity contribution is -0.138. The summed E-state index contributed by atoms with van der Waals surface area (Å²) in [4.78, 5) is 23.9. The zero-order valence-electron chi connectivity index (χ0n) is 26.6. The van der Waals surface area contributed by atoms with Gasteiger partial charge in [0.1, 0.15) is 0 Å².